The van der Waals surface area contributed by atoms with Crippen molar-refractivity contribution >= 4 is 5.97 Å². The van der Waals surface area contributed by atoms with Crippen molar-refractivity contribution in [1.29, 1.82) is 0 Å². The smallest absolute Gasteiger partial charge is 0.309 e. The summed E-state index contributed by atoms with van der Waals surface area (Å²) in [5.41, 5.74) is 0. The highest BCUT2D eigenvalue weighted by molar-refractivity contribution is 5.72. The van der Waals surface area contributed by atoms with E-state index in [4.69, 9.17) is 4.74 Å². The highest BCUT2D eigenvalue weighted by Gasteiger charge is 2.15. The summed E-state index contributed by atoms with van der Waals surface area (Å²) < 4.78 is 5.08. The van der Waals surface area contributed by atoms with Crippen LogP contribution < -0.4 is 0 Å². The van der Waals surface area contributed by atoms with Crippen LogP contribution in [0.15, 0.2) is 72.9 Å². The minimum atomic E-state index is -0.0791. The van der Waals surface area contributed by atoms with Gasteiger partial charge >= 0.3 is 5.97 Å². The van der Waals surface area contributed by atoms with E-state index in [1.165, 1.54) is 0 Å². The third-order valence-corrected chi connectivity index (χ3v) is 4.13. The maximum absolute atomic E-state index is 11.7. The molecule has 0 saturated heterocycles. The van der Waals surface area contributed by atoms with Crippen LogP contribution in [0.25, 0.3) is 0 Å². The van der Waals surface area contributed by atoms with Gasteiger partial charge in [-0.05, 0) is 58.3 Å². The number of esters is 1. The SMILES string of the molecule is CC/C=C\CC=CCC=CCC=CCC=CCC=CCC(CC)C(=O)OCC. The van der Waals surface area contributed by atoms with E-state index in [0.717, 1.165) is 51.4 Å². The first-order chi connectivity index (χ1) is 13.8. The molecule has 0 rings (SSSR count). The van der Waals surface area contributed by atoms with Gasteiger partial charge in [-0.3, -0.25) is 4.79 Å². The Kier molecular flexibility index (Phi) is 19.6. The predicted octanol–water partition coefficient (Wildman–Crippen LogP) is 7.66. The molecule has 0 aliphatic carbocycles. The molecular weight excluding hydrogens is 344 g/mol. The maximum Gasteiger partial charge on any atom is 0.309 e. The fourth-order valence-electron chi connectivity index (χ4n) is 2.47. The van der Waals surface area contributed by atoms with Crippen molar-refractivity contribution in [2.75, 3.05) is 6.61 Å². The average Bonchev–Trinajstić information content (AvgIpc) is 2.70. The molecule has 1 unspecified atom stereocenters. The number of ether oxygens (including phenoxy) is 1. The molecule has 0 aromatic carbocycles. The number of carbonyl (C=O) groups excluding carboxylic acids is 1. The van der Waals surface area contributed by atoms with Crippen molar-refractivity contribution in [2.45, 2.75) is 72.1 Å². The van der Waals surface area contributed by atoms with E-state index in [2.05, 4.69) is 79.8 Å². The number of hydrogen-bond acceptors (Lipinski definition) is 2. The Morgan fingerprint density at radius 1 is 0.643 bits per heavy atom. The molecule has 156 valence electrons. The molecule has 0 radical (unpaired) electrons. The number of allylic oxidation sites excluding steroid dienone is 12. The Bertz CT molecular complexity index is 533. The van der Waals surface area contributed by atoms with Gasteiger partial charge in [0.2, 0.25) is 0 Å². The Labute approximate surface area is 173 Å². The van der Waals surface area contributed by atoms with Crippen molar-refractivity contribution in [3.05, 3.63) is 72.9 Å². The normalized spacial score (nSPS) is 14.0. The van der Waals surface area contributed by atoms with Crippen LogP contribution in [0.4, 0.5) is 0 Å². The van der Waals surface area contributed by atoms with Gasteiger partial charge in [0.05, 0.1) is 12.5 Å². The van der Waals surface area contributed by atoms with Crippen molar-refractivity contribution in [3.63, 3.8) is 0 Å². The van der Waals surface area contributed by atoms with Crippen LogP contribution in [0.5, 0.6) is 0 Å². The zero-order chi connectivity index (χ0) is 20.7. The van der Waals surface area contributed by atoms with Gasteiger partial charge < -0.3 is 4.74 Å². The van der Waals surface area contributed by atoms with E-state index < -0.39 is 0 Å². The summed E-state index contributed by atoms with van der Waals surface area (Å²) in [6.45, 7) is 6.49. The first kappa shape index (κ1) is 25.9. The standard InChI is InChI=1S/C26H40O2/c1-4-7-8-9-10-11-12-13-14-15-16-17-18-19-20-21-22-23-24-25(5-2)26(27)28-6-3/h7-8,10-11,13-14,16-17,19-20,22-23,25H,4-6,9,12,15,18,21,24H2,1-3H3/b8-7-,11-10?,14-13?,17-16?,20-19?,23-22?. The molecule has 2 nitrogen and oxygen atoms in total. The van der Waals surface area contributed by atoms with Crippen LogP contribution in [0, 0.1) is 5.92 Å². The van der Waals surface area contributed by atoms with Crippen LogP contribution in [-0.2, 0) is 9.53 Å². The molecule has 0 fully saturated rings. The van der Waals surface area contributed by atoms with Gasteiger partial charge in [-0.25, -0.2) is 0 Å². The molecule has 0 aliphatic heterocycles. The molecule has 0 amide bonds. The molecule has 0 aromatic rings. The highest BCUT2D eigenvalue weighted by atomic mass is 16.5. The molecular formula is C26H40O2. The first-order valence-electron chi connectivity index (χ1n) is 10.8. The van der Waals surface area contributed by atoms with Crippen molar-refractivity contribution in [1.82, 2.24) is 0 Å². The second-order valence-electron chi connectivity index (χ2n) is 6.51. The van der Waals surface area contributed by atoms with Crippen LogP contribution >= 0.6 is 0 Å². The van der Waals surface area contributed by atoms with Gasteiger partial charge in [-0.2, -0.15) is 0 Å². The summed E-state index contributed by atoms with van der Waals surface area (Å²) in [7, 11) is 0. The van der Waals surface area contributed by atoms with Crippen LogP contribution in [0.3, 0.4) is 0 Å². The van der Waals surface area contributed by atoms with Gasteiger partial charge in [0.1, 0.15) is 0 Å². The Balaban J connectivity index is 3.74. The Morgan fingerprint density at radius 3 is 1.39 bits per heavy atom. The Hall–Kier alpha value is -2.09. The summed E-state index contributed by atoms with van der Waals surface area (Å²) >= 11 is 0. The van der Waals surface area contributed by atoms with Gasteiger partial charge in [0.15, 0.2) is 0 Å². The lowest BCUT2D eigenvalue weighted by Crippen LogP contribution is -2.16. The van der Waals surface area contributed by atoms with Crippen LogP contribution in [-0.4, -0.2) is 12.6 Å². The number of carbonyl (C=O) groups is 1. The largest absolute Gasteiger partial charge is 0.466 e. The van der Waals surface area contributed by atoms with Crippen LogP contribution in [0.2, 0.25) is 0 Å². The molecule has 28 heavy (non-hydrogen) atoms. The molecule has 0 saturated carbocycles. The summed E-state index contributed by atoms with van der Waals surface area (Å²) in [6, 6.07) is 0. The summed E-state index contributed by atoms with van der Waals surface area (Å²) in [5, 5.41) is 0. The highest BCUT2D eigenvalue weighted by Crippen LogP contribution is 2.11. The predicted molar refractivity (Wildman–Crippen MR) is 123 cm³/mol. The fraction of sp³-hybridized carbons (Fsp3) is 0.500. The molecule has 0 N–H and O–H groups in total. The number of rotatable bonds is 16. The van der Waals surface area contributed by atoms with E-state index in [1.807, 2.05) is 13.8 Å². The molecule has 0 spiro atoms. The molecule has 0 bridgehead atoms. The van der Waals surface area contributed by atoms with Crippen molar-refractivity contribution < 1.29 is 9.53 Å². The van der Waals surface area contributed by atoms with Crippen molar-refractivity contribution in [3.8, 4) is 0 Å². The minimum absolute atomic E-state index is 0.00967. The molecule has 0 aromatic heterocycles. The van der Waals surface area contributed by atoms with Gasteiger partial charge in [-0.1, -0.05) is 86.8 Å². The monoisotopic (exact) mass is 384 g/mol. The third-order valence-electron chi connectivity index (χ3n) is 4.13. The van der Waals surface area contributed by atoms with Crippen LogP contribution in [0.1, 0.15) is 72.1 Å². The summed E-state index contributed by atoms with van der Waals surface area (Å²) in [5.74, 6) is -0.0888. The lowest BCUT2D eigenvalue weighted by molar-refractivity contribution is -0.148. The molecule has 0 heterocycles. The molecule has 1 atom stereocenters. The summed E-state index contributed by atoms with van der Waals surface area (Å²) in [4.78, 5) is 11.7. The zero-order valence-corrected chi connectivity index (χ0v) is 18.2. The first-order valence-corrected chi connectivity index (χ1v) is 10.8. The van der Waals surface area contributed by atoms with E-state index >= 15 is 0 Å². The van der Waals surface area contributed by atoms with E-state index in [-0.39, 0.29) is 11.9 Å². The zero-order valence-electron chi connectivity index (χ0n) is 18.2. The van der Waals surface area contributed by atoms with Crippen molar-refractivity contribution in [2.24, 2.45) is 5.92 Å². The topological polar surface area (TPSA) is 26.3 Å². The average molecular weight is 385 g/mol. The maximum atomic E-state index is 11.7. The number of hydrogen-bond donors (Lipinski definition) is 0. The van der Waals surface area contributed by atoms with Gasteiger partial charge in [0.25, 0.3) is 0 Å². The van der Waals surface area contributed by atoms with E-state index in [1.54, 1.807) is 0 Å². The lowest BCUT2D eigenvalue weighted by atomic mass is 10.0. The third kappa shape index (κ3) is 17.3. The second kappa shape index (κ2) is 21.2. The van der Waals surface area contributed by atoms with Gasteiger partial charge in [0, 0.05) is 0 Å². The van der Waals surface area contributed by atoms with E-state index in [9.17, 15) is 4.79 Å². The molecule has 0 aliphatic rings. The fourth-order valence-corrected chi connectivity index (χ4v) is 2.47. The van der Waals surface area contributed by atoms with E-state index in [0.29, 0.717) is 6.61 Å². The minimum Gasteiger partial charge on any atom is -0.466 e. The molecule has 2 heteroatoms. The van der Waals surface area contributed by atoms with Gasteiger partial charge in [-0.15, -0.1) is 0 Å². The Morgan fingerprint density at radius 2 is 1.04 bits per heavy atom. The quantitative estimate of drug-likeness (QED) is 0.202. The lowest BCUT2D eigenvalue weighted by Gasteiger charge is -2.10. The second-order valence-corrected chi connectivity index (χ2v) is 6.51. The summed E-state index contributed by atoms with van der Waals surface area (Å²) in [6.07, 6.45) is 33.8.